The Labute approximate surface area is 119 Å². The minimum atomic E-state index is -4.84. The number of amides is 1. The van der Waals surface area contributed by atoms with Gasteiger partial charge in [-0.15, -0.1) is 11.6 Å². The molecular weight excluding hydrogens is 298 g/mol. The number of nitrogens with one attached hydrogen (secondary N) is 1. The lowest BCUT2D eigenvalue weighted by molar-refractivity contribution is -0.140. The number of halogens is 5. The van der Waals surface area contributed by atoms with Crippen LogP contribution in [0.4, 0.5) is 17.6 Å². The van der Waals surface area contributed by atoms with E-state index < -0.39 is 29.0 Å². The number of carbonyl (C=O) groups is 1. The molecule has 0 aliphatic carbocycles. The van der Waals surface area contributed by atoms with Gasteiger partial charge in [0.05, 0.1) is 5.56 Å². The molecule has 7 heteroatoms. The SMILES string of the molecule is CC(C)(CCCl)NC(=O)c1ccc(F)c(C(F)(F)F)c1. The van der Waals surface area contributed by atoms with Gasteiger partial charge < -0.3 is 5.32 Å². The zero-order valence-electron chi connectivity index (χ0n) is 10.9. The minimum Gasteiger partial charge on any atom is -0.347 e. The molecule has 0 heterocycles. The number of hydrogen-bond acceptors (Lipinski definition) is 1. The minimum absolute atomic E-state index is 0.249. The van der Waals surface area contributed by atoms with E-state index in [2.05, 4.69) is 5.32 Å². The fourth-order valence-electron chi connectivity index (χ4n) is 1.56. The van der Waals surface area contributed by atoms with Gasteiger partial charge in [0, 0.05) is 17.0 Å². The van der Waals surface area contributed by atoms with Crippen LogP contribution < -0.4 is 5.32 Å². The second-order valence-electron chi connectivity index (χ2n) is 4.97. The van der Waals surface area contributed by atoms with Crippen LogP contribution in [0.25, 0.3) is 0 Å². The molecule has 1 N–H and O–H groups in total. The van der Waals surface area contributed by atoms with Crippen LogP contribution in [0.15, 0.2) is 18.2 Å². The van der Waals surface area contributed by atoms with E-state index >= 15 is 0 Å². The zero-order chi connectivity index (χ0) is 15.6. The molecule has 0 aliphatic rings. The van der Waals surface area contributed by atoms with Crippen LogP contribution in [-0.4, -0.2) is 17.3 Å². The Morgan fingerprint density at radius 3 is 2.40 bits per heavy atom. The number of alkyl halides is 4. The molecule has 0 aromatic heterocycles. The number of benzene rings is 1. The quantitative estimate of drug-likeness (QED) is 0.661. The molecule has 0 radical (unpaired) electrons. The summed E-state index contributed by atoms with van der Waals surface area (Å²) in [5, 5.41) is 2.56. The van der Waals surface area contributed by atoms with E-state index in [0.717, 1.165) is 6.07 Å². The molecule has 1 aromatic carbocycles. The van der Waals surface area contributed by atoms with Crippen LogP contribution in [0.2, 0.25) is 0 Å². The molecule has 0 spiro atoms. The van der Waals surface area contributed by atoms with Gasteiger partial charge in [0.15, 0.2) is 0 Å². The highest BCUT2D eigenvalue weighted by molar-refractivity contribution is 6.17. The van der Waals surface area contributed by atoms with Gasteiger partial charge >= 0.3 is 6.18 Å². The summed E-state index contributed by atoms with van der Waals surface area (Å²) in [6.07, 6.45) is -4.39. The standard InChI is InChI=1S/C13H14ClF4NO/c1-12(2,5-6-14)19-11(20)8-3-4-10(15)9(7-8)13(16,17)18/h3-4,7H,5-6H2,1-2H3,(H,19,20). The van der Waals surface area contributed by atoms with Crippen molar-refractivity contribution in [1.82, 2.24) is 5.32 Å². The predicted octanol–water partition coefficient (Wildman–Crippen LogP) is 3.98. The predicted molar refractivity (Wildman–Crippen MR) is 68.3 cm³/mol. The monoisotopic (exact) mass is 311 g/mol. The molecule has 0 atom stereocenters. The fraction of sp³-hybridized carbons (Fsp3) is 0.462. The number of rotatable bonds is 4. The summed E-state index contributed by atoms with van der Waals surface area (Å²) in [5.41, 5.74) is -2.37. The molecule has 0 unspecified atom stereocenters. The van der Waals surface area contributed by atoms with E-state index in [1.165, 1.54) is 0 Å². The second kappa shape index (κ2) is 5.99. The van der Waals surface area contributed by atoms with Crippen molar-refractivity contribution in [2.45, 2.75) is 32.0 Å². The Bertz CT molecular complexity index is 500. The highest BCUT2D eigenvalue weighted by Crippen LogP contribution is 2.32. The molecule has 1 aromatic rings. The third-order valence-corrected chi connectivity index (χ3v) is 2.89. The van der Waals surface area contributed by atoms with Crippen LogP contribution >= 0.6 is 11.6 Å². The zero-order valence-corrected chi connectivity index (χ0v) is 11.7. The van der Waals surface area contributed by atoms with Crippen molar-refractivity contribution >= 4 is 17.5 Å². The summed E-state index contributed by atoms with van der Waals surface area (Å²) < 4.78 is 50.8. The van der Waals surface area contributed by atoms with Crippen LogP contribution in [0.1, 0.15) is 36.2 Å². The van der Waals surface area contributed by atoms with Crippen molar-refractivity contribution in [1.29, 1.82) is 0 Å². The lowest BCUT2D eigenvalue weighted by atomic mass is 10.0. The van der Waals surface area contributed by atoms with E-state index in [-0.39, 0.29) is 5.56 Å². The summed E-state index contributed by atoms with van der Waals surface area (Å²) in [7, 11) is 0. The van der Waals surface area contributed by atoms with Gasteiger partial charge in [-0.1, -0.05) is 0 Å². The third kappa shape index (κ3) is 4.37. The molecule has 1 amide bonds. The Kier molecular flexibility index (Phi) is 5.02. The largest absolute Gasteiger partial charge is 0.419 e. The summed E-state index contributed by atoms with van der Waals surface area (Å²) >= 11 is 5.57. The van der Waals surface area contributed by atoms with E-state index in [1.54, 1.807) is 13.8 Å². The average Bonchev–Trinajstić information content (AvgIpc) is 2.26. The van der Waals surface area contributed by atoms with Crippen molar-refractivity contribution in [3.63, 3.8) is 0 Å². The maximum absolute atomic E-state index is 13.1. The Hall–Kier alpha value is -1.30. The number of hydrogen-bond donors (Lipinski definition) is 1. The highest BCUT2D eigenvalue weighted by atomic mass is 35.5. The summed E-state index contributed by atoms with van der Waals surface area (Å²) in [6, 6.07) is 2.14. The summed E-state index contributed by atoms with van der Waals surface area (Å²) in [4.78, 5) is 11.9. The van der Waals surface area contributed by atoms with Gasteiger partial charge in [-0.3, -0.25) is 4.79 Å². The molecule has 2 nitrogen and oxygen atoms in total. The van der Waals surface area contributed by atoms with Crippen molar-refractivity contribution in [2.75, 3.05) is 5.88 Å². The average molecular weight is 312 g/mol. The molecule has 20 heavy (non-hydrogen) atoms. The van der Waals surface area contributed by atoms with Gasteiger partial charge in [-0.2, -0.15) is 13.2 Å². The lowest BCUT2D eigenvalue weighted by Gasteiger charge is -2.25. The van der Waals surface area contributed by atoms with Crippen molar-refractivity contribution in [3.8, 4) is 0 Å². The first-order valence-electron chi connectivity index (χ1n) is 5.82. The van der Waals surface area contributed by atoms with Crippen molar-refractivity contribution < 1.29 is 22.4 Å². The third-order valence-electron chi connectivity index (χ3n) is 2.71. The van der Waals surface area contributed by atoms with Crippen molar-refractivity contribution in [2.24, 2.45) is 0 Å². The van der Waals surface area contributed by atoms with E-state index in [9.17, 15) is 22.4 Å². The second-order valence-corrected chi connectivity index (χ2v) is 5.35. The normalized spacial score (nSPS) is 12.3. The summed E-state index contributed by atoms with van der Waals surface area (Å²) in [6.45, 7) is 3.39. The van der Waals surface area contributed by atoms with Crippen molar-refractivity contribution in [3.05, 3.63) is 35.1 Å². The molecule has 0 fully saturated rings. The molecule has 0 saturated carbocycles. The van der Waals surface area contributed by atoms with Crippen LogP contribution in [0, 0.1) is 5.82 Å². The molecule has 112 valence electrons. The van der Waals surface area contributed by atoms with Gasteiger partial charge in [-0.25, -0.2) is 4.39 Å². The highest BCUT2D eigenvalue weighted by Gasteiger charge is 2.35. The molecule has 0 aliphatic heterocycles. The van der Waals surface area contributed by atoms with Crippen LogP contribution in [0.3, 0.4) is 0 Å². The first kappa shape index (κ1) is 16.8. The van der Waals surface area contributed by atoms with E-state index in [0.29, 0.717) is 24.4 Å². The summed E-state index contributed by atoms with van der Waals surface area (Å²) in [5.74, 6) is -1.82. The molecule has 0 saturated heterocycles. The van der Waals surface area contributed by atoms with Gasteiger partial charge in [0.25, 0.3) is 5.91 Å². The first-order valence-corrected chi connectivity index (χ1v) is 6.35. The number of carbonyl (C=O) groups excluding carboxylic acids is 1. The first-order chi connectivity index (χ1) is 9.07. The molecular formula is C13H14ClF4NO. The Morgan fingerprint density at radius 1 is 1.30 bits per heavy atom. The van der Waals surface area contributed by atoms with Gasteiger partial charge in [0.2, 0.25) is 0 Å². The smallest absolute Gasteiger partial charge is 0.347 e. The van der Waals surface area contributed by atoms with Gasteiger partial charge in [-0.05, 0) is 38.5 Å². The maximum atomic E-state index is 13.1. The molecule has 1 rings (SSSR count). The fourth-order valence-corrected chi connectivity index (χ4v) is 2.03. The van der Waals surface area contributed by atoms with Crippen LogP contribution in [-0.2, 0) is 6.18 Å². The van der Waals surface area contributed by atoms with Crippen LogP contribution in [0.5, 0.6) is 0 Å². The Balaban J connectivity index is 3.01. The topological polar surface area (TPSA) is 29.1 Å². The molecule has 0 bridgehead atoms. The lowest BCUT2D eigenvalue weighted by Crippen LogP contribution is -2.43. The van der Waals surface area contributed by atoms with E-state index in [4.69, 9.17) is 11.6 Å². The maximum Gasteiger partial charge on any atom is 0.419 e. The van der Waals surface area contributed by atoms with Gasteiger partial charge in [0.1, 0.15) is 5.82 Å². The van der Waals surface area contributed by atoms with E-state index in [1.807, 2.05) is 0 Å². The Morgan fingerprint density at radius 2 is 1.90 bits per heavy atom.